The van der Waals surface area contributed by atoms with Gasteiger partial charge in [-0.05, 0) is 24.3 Å². The summed E-state index contributed by atoms with van der Waals surface area (Å²) in [5.74, 6) is 6.66. The van der Waals surface area contributed by atoms with Crippen LogP contribution in [0.2, 0.25) is 0 Å². The van der Waals surface area contributed by atoms with E-state index in [4.69, 9.17) is 10.3 Å². The monoisotopic (exact) mass is 224 g/mol. The fourth-order valence-corrected chi connectivity index (χ4v) is 1.85. The number of hydrogen-bond donors (Lipinski definition) is 2. The first kappa shape index (κ1) is 13.3. The minimum absolute atomic E-state index is 0.202. The molecule has 1 rings (SSSR count). The zero-order chi connectivity index (χ0) is 12.2. The van der Waals surface area contributed by atoms with E-state index in [0.29, 0.717) is 5.41 Å². The molecule has 0 fully saturated rings. The molecule has 0 amide bonds. The third kappa shape index (κ3) is 3.65. The Morgan fingerprint density at radius 2 is 2.12 bits per heavy atom. The van der Waals surface area contributed by atoms with E-state index in [0.717, 1.165) is 25.0 Å². The highest BCUT2D eigenvalue weighted by Crippen LogP contribution is 2.29. The molecular weight excluding hydrogens is 200 g/mol. The first-order chi connectivity index (χ1) is 7.48. The summed E-state index contributed by atoms with van der Waals surface area (Å²) >= 11 is 0. The summed E-state index contributed by atoms with van der Waals surface area (Å²) in [4.78, 5) is 0. The SMILES string of the molecule is CCc1occc1C(CCC(C)(C)C)NN. The van der Waals surface area contributed by atoms with Crippen LogP contribution in [0.15, 0.2) is 16.7 Å². The van der Waals surface area contributed by atoms with E-state index in [-0.39, 0.29) is 6.04 Å². The summed E-state index contributed by atoms with van der Waals surface area (Å²) in [5.41, 5.74) is 4.43. The second kappa shape index (κ2) is 5.51. The molecule has 3 heteroatoms. The van der Waals surface area contributed by atoms with Gasteiger partial charge >= 0.3 is 0 Å². The molecule has 1 aromatic rings. The van der Waals surface area contributed by atoms with Gasteiger partial charge in [0.1, 0.15) is 5.76 Å². The zero-order valence-corrected chi connectivity index (χ0v) is 10.8. The highest BCUT2D eigenvalue weighted by molar-refractivity contribution is 5.21. The molecule has 0 radical (unpaired) electrons. The summed E-state index contributed by atoms with van der Waals surface area (Å²) in [6.45, 7) is 8.84. The van der Waals surface area contributed by atoms with Gasteiger partial charge in [-0.1, -0.05) is 27.7 Å². The summed E-state index contributed by atoms with van der Waals surface area (Å²) in [7, 11) is 0. The first-order valence-electron chi connectivity index (χ1n) is 6.00. The Balaban J connectivity index is 2.67. The van der Waals surface area contributed by atoms with Gasteiger partial charge < -0.3 is 4.42 Å². The predicted octanol–water partition coefficient (Wildman–Crippen LogP) is 3.17. The lowest BCUT2D eigenvalue weighted by molar-refractivity contribution is 0.331. The minimum Gasteiger partial charge on any atom is -0.469 e. The highest BCUT2D eigenvalue weighted by Gasteiger charge is 2.19. The van der Waals surface area contributed by atoms with Crippen molar-refractivity contribution in [3.05, 3.63) is 23.7 Å². The lowest BCUT2D eigenvalue weighted by atomic mass is 9.87. The van der Waals surface area contributed by atoms with E-state index < -0.39 is 0 Å². The molecule has 92 valence electrons. The normalized spacial score (nSPS) is 14.1. The molecule has 0 saturated carbocycles. The Bertz CT molecular complexity index is 312. The van der Waals surface area contributed by atoms with Crippen LogP contribution in [0.4, 0.5) is 0 Å². The fourth-order valence-electron chi connectivity index (χ4n) is 1.85. The largest absolute Gasteiger partial charge is 0.469 e. The Labute approximate surface area is 98.4 Å². The maximum atomic E-state index is 5.63. The van der Waals surface area contributed by atoms with E-state index in [1.807, 2.05) is 6.07 Å². The second-order valence-electron chi connectivity index (χ2n) is 5.47. The topological polar surface area (TPSA) is 51.2 Å². The van der Waals surface area contributed by atoms with Crippen LogP contribution in [0, 0.1) is 5.41 Å². The molecule has 0 spiro atoms. The van der Waals surface area contributed by atoms with Crippen LogP contribution in [0.5, 0.6) is 0 Å². The molecule has 3 nitrogen and oxygen atoms in total. The maximum absolute atomic E-state index is 5.63. The molecule has 0 aliphatic carbocycles. The average molecular weight is 224 g/mol. The van der Waals surface area contributed by atoms with Crippen LogP contribution in [0.1, 0.15) is 57.9 Å². The van der Waals surface area contributed by atoms with Crippen LogP contribution in [-0.4, -0.2) is 0 Å². The molecule has 1 aromatic heterocycles. The van der Waals surface area contributed by atoms with Crippen molar-refractivity contribution in [2.75, 3.05) is 0 Å². The van der Waals surface area contributed by atoms with E-state index in [2.05, 4.69) is 33.1 Å². The zero-order valence-electron chi connectivity index (χ0n) is 10.8. The van der Waals surface area contributed by atoms with E-state index >= 15 is 0 Å². The fraction of sp³-hybridized carbons (Fsp3) is 0.692. The van der Waals surface area contributed by atoms with Crippen LogP contribution in [0.25, 0.3) is 0 Å². The minimum atomic E-state index is 0.202. The van der Waals surface area contributed by atoms with E-state index in [1.54, 1.807) is 6.26 Å². The standard InChI is InChI=1S/C13H24N2O/c1-5-12-10(7-9-16-12)11(15-14)6-8-13(2,3)4/h7,9,11,15H,5-6,8,14H2,1-4H3. The number of hydrazine groups is 1. The van der Waals surface area contributed by atoms with E-state index in [9.17, 15) is 0 Å². The van der Waals surface area contributed by atoms with Gasteiger partial charge in [0, 0.05) is 18.0 Å². The molecule has 0 aromatic carbocycles. The molecule has 1 unspecified atom stereocenters. The Hall–Kier alpha value is -0.800. The summed E-state index contributed by atoms with van der Waals surface area (Å²) < 4.78 is 5.43. The Morgan fingerprint density at radius 3 is 2.62 bits per heavy atom. The molecule has 1 heterocycles. The number of nitrogens with two attached hydrogens (primary N) is 1. The third-order valence-electron chi connectivity index (χ3n) is 2.86. The van der Waals surface area contributed by atoms with Crippen LogP contribution in [-0.2, 0) is 6.42 Å². The van der Waals surface area contributed by atoms with Crippen molar-refractivity contribution in [1.82, 2.24) is 5.43 Å². The molecule has 1 atom stereocenters. The van der Waals surface area contributed by atoms with Crippen molar-refractivity contribution in [3.63, 3.8) is 0 Å². The van der Waals surface area contributed by atoms with E-state index in [1.165, 1.54) is 5.56 Å². The second-order valence-corrected chi connectivity index (χ2v) is 5.47. The van der Waals surface area contributed by atoms with Crippen molar-refractivity contribution >= 4 is 0 Å². The average Bonchev–Trinajstić information content (AvgIpc) is 2.65. The number of rotatable bonds is 5. The molecule has 0 bridgehead atoms. The van der Waals surface area contributed by atoms with Gasteiger partial charge in [0.05, 0.1) is 6.26 Å². The van der Waals surface area contributed by atoms with Crippen molar-refractivity contribution < 1.29 is 4.42 Å². The van der Waals surface area contributed by atoms with Gasteiger partial charge in [0.15, 0.2) is 0 Å². The third-order valence-corrected chi connectivity index (χ3v) is 2.86. The number of aryl methyl sites for hydroxylation is 1. The quantitative estimate of drug-likeness (QED) is 0.596. The lowest BCUT2D eigenvalue weighted by Gasteiger charge is -2.22. The lowest BCUT2D eigenvalue weighted by Crippen LogP contribution is -2.29. The molecule has 0 saturated heterocycles. The summed E-state index contributed by atoms with van der Waals surface area (Å²) in [6, 6.07) is 2.22. The highest BCUT2D eigenvalue weighted by atomic mass is 16.3. The summed E-state index contributed by atoms with van der Waals surface area (Å²) in [5, 5.41) is 0. The van der Waals surface area contributed by atoms with Gasteiger partial charge in [0.25, 0.3) is 0 Å². The van der Waals surface area contributed by atoms with Crippen molar-refractivity contribution in [3.8, 4) is 0 Å². The van der Waals surface area contributed by atoms with Gasteiger partial charge in [-0.25, -0.2) is 0 Å². The van der Waals surface area contributed by atoms with Crippen molar-refractivity contribution in [2.24, 2.45) is 11.3 Å². The number of hydrogen-bond acceptors (Lipinski definition) is 3. The Morgan fingerprint density at radius 1 is 1.44 bits per heavy atom. The van der Waals surface area contributed by atoms with Gasteiger partial charge in [0.2, 0.25) is 0 Å². The van der Waals surface area contributed by atoms with Gasteiger partial charge in [-0.3, -0.25) is 11.3 Å². The molecule has 3 N–H and O–H groups in total. The molecular formula is C13H24N2O. The van der Waals surface area contributed by atoms with Gasteiger partial charge in [-0.2, -0.15) is 0 Å². The van der Waals surface area contributed by atoms with Crippen LogP contribution < -0.4 is 11.3 Å². The predicted molar refractivity (Wildman–Crippen MR) is 66.8 cm³/mol. The Kier molecular flexibility index (Phi) is 4.56. The molecule has 0 aliphatic rings. The molecule has 0 aliphatic heterocycles. The van der Waals surface area contributed by atoms with Crippen LogP contribution in [0.3, 0.4) is 0 Å². The van der Waals surface area contributed by atoms with Crippen LogP contribution >= 0.6 is 0 Å². The van der Waals surface area contributed by atoms with Crippen molar-refractivity contribution in [2.45, 2.75) is 53.0 Å². The van der Waals surface area contributed by atoms with Gasteiger partial charge in [-0.15, -0.1) is 0 Å². The van der Waals surface area contributed by atoms with Crippen molar-refractivity contribution in [1.29, 1.82) is 0 Å². The summed E-state index contributed by atoms with van der Waals surface area (Å²) in [6.07, 6.45) is 4.83. The number of furan rings is 1. The first-order valence-corrected chi connectivity index (χ1v) is 6.00. The molecule has 16 heavy (non-hydrogen) atoms. The smallest absolute Gasteiger partial charge is 0.108 e. The maximum Gasteiger partial charge on any atom is 0.108 e. The number of nitrogens with one attached hydrogen (secondary N) is 1.